The number of amides is 1. The number of aromatic nitrogens is 3. The standard InChI is InChI=1S/C23H22N4O2/c1-3-27-22-18(15-24-27)17(14-20(25-22)16-10-6-5-7-11-16)23(28)26-19-12-8-9-13-21(19)29-4-2/h5-15H,3-4H2,1-2H3,(H,26,28). The largest absolute Gasteiger partial charge is 0.492 e. The van der Waals surface area contributed by atoms with Gasteiger partial charge in [-0.1, -0.05) is 42.5 Å². The SMILES string of the molecule is CCOc1ccccc1NC(=O)c1cc(-c2ccccc2)nc2c1cnn2CC. The summed E-state index contributed by atoms with van der Waals surface area (Å²) in [7, 11) is 0. The van der Waals surface area contributed by atoms with Gasteiger partial charge in [-0.15, -0.1) is 0 Å². The van der Waals surface area contributed by atoms with Crippen LogP contribution in [0.25, 0.3) is 22.3 Å². The number of benzene rings is 2. The summed E-state index contributed by atoms with van der Waals surface area (Å²) < 4.78 is 7.43. The van der Waals surface area contributed by atoms with E-state index < -0.39 is 0 Å². The highest BCUT2D eigenvalue weighted by Crippen LogP contribution is 2.28. The van der Waals surface area contributed by atoms with Crippen LogP contribution in [0.5, 0.6) is 5.75 Å². The molecule has 4 rings (SSSR count). The Kier molecular flexibility index (Phi) is 5.24. The van der Waals surface area contributed by atoms with Gasteiger partial charge in [-0.25, -0.2) is 9.67 Å². The molecule has 0 unspecified atom stereocenters. The molecule has 0 saturated heterocycles. The van der Waals surface area contributed by atoms with Crippen molar-refractivity contribution in [2.75, 3.05) is 11.9 Å². The van der Waals surface area contributed by atoms with Crippen molar-refractivity contribution in [3.05, 3.63) is 72.4 Å². The van der Waals surface area contributed by atoms with Gasteiger partial charge in [0.25, 0.3) is 5.91 Å². The molecule has 146 valence electrons. The number of pyridine rings is 1. The van der Waals surface area contributed by atoms with Gasteiger partial charge in [-0.3, -0.25) is 4.79 Å². The number of para-hydroxylation sites is 2. The van der Waals surface area contributed by atoms with Crippen molar-refractivity contribution in [2.24, 2.45) is 0 Å². The van der Waals surface area contributed by atoms with Crippen LogP contribution < -0.4 is 10.1 Å². The first kappa shape index (κ1) is 18.7. The highest BCUT2D eigenvalue weighted by atomic mass is 16.5. The molecule has 1 amide bonds. The number of ether oxygens (including phenoxy) is 1. The Labute approximate surface area is 169 Å². The number of carbonyl (C=O) groups is 1. The highest BCUT2D eigenvalue weighted by molar-refractivity contribution is 6.13. The Morgan fingerprint density at radius 1 is 1.07 bits per heavy atom. The van der Waals surface area contributed by atoms with Crippen LogP contribution in [0.15, 0.2) is 66.9 Å². The van der Waals surface area contributed by atoms with Gasteiger partial charge < -0.3 is 10.1 Å². The number of hydrogen-bond donors (Lipinski definition) is 1. The Balaban J connectivity index is 1.80. The van der Waals surface area contributed by atoms with E-state index in [1.165, 1.54) is 0 Å². The summed E-state index contributed by atoms with van der Waals surface area (Å²) >= 11 is 0. The van der Waals surface area contributed by atoms with Crippen LogP contribution in [0, 0.1) is 0 Å². The zero-order valence-electron chi connectivity index (χ0n) is 16.4. The summed E-state index contributed by atoms with van der Waals surface area (Å²) in [6.45, 7) is 5.11. The second-order valence-corrected chi connectivity index (χ2v) is 6.50. The van der Waals surface area contributed by atoms with E-state index in [1.54, 1.807) is 10.9 Å². The summed E-state index contributed by atoms with van der Waals surface area (Å²) in [5, 5.41) is 8.10. The Morgan fingerprint density at radius 3 is 2.59 bits per heavy atom. The molecule has 0 fully saturated rings. The van der Waals surface area contributed by atoms with E-state index in [-0.39, 0.29) is 5.91 Å². The minimum Gasteiger partial charge on any atom is -0.492 e. The predicted octanol–water partition coefficient (Wildman–Crippen LogP) is 4.77. The molecule has 2 aromatic carbocycles. The number of nitrogens with zero attached hydrogens (tertiary/aromatic N) is 3. The molecule has 2 heterocycles. The lowest BCUT2D eigenvalue weighted by molar-refractivity contribution is 0.102. The summed E-state index contributed by atoms with van der Waals surface area (Å²) in [6.07, 6.45) is 1.70. The van der Waals surface area contributed by atoms with E-state index in [2.05, 4.69) is 10.4 Å². The molecule has 0 radical (unpaired) electrons. The van der Waals surface area contributed by atoms with Gasteiger partial charge in [-0.05, 0) is 32.0 Å². The smallest absolute Gasteiger partial charge is 0.256 e. The van der Waals surface area contributed by atoms with Crippen LogP contribution in [0.4, 0.5) is 5.69 Å². The molecule has 4 aromatic rings. The van der Waals surface area contributed by atoms with Crippen LogP contribution in [0.2, 0.25) is 0 Å². The average molecular weight is 386 g/mol. The molecule has 0 bridgehead atoms. The monoisotopic (exact) mass is 386 g/mol. The van der Waals surface area contributed by atoms with Gasteiger partial charge in [0, 0.05) is 12.1 Å². The van der Waals surface area contributed by atoms with E-state index in [0.29, 0.717) is 35.8 Å². The lowest BCUT2D eigenvalue weighted by Crippen LogP contribution is -2.14. The topological polar surface area (TPSA) is 69.0 Å². The number of fused-ring (bicyclic) bond motifs is 1. The van der Waals surface area contributed by atoms with Crippen molar-refractivity contribution >= 4 is 22.6 Å². The Hall–Kier alpha value is -3.67. The maximum absolute atomic E-state index is 13.2. The summed E-state index contributed by atoms with van der Waals surface area (Å²) in [5.41, 5.74) is 3.53. The lowest BCUT2D eigenvalue weighted by atomic mass is 10.1. The van der Waals surface area contributed by atoms with Gasteiger partial charge in [0.15, 0.2) is 5.65 Å². The van der Waals surface area contributed by atoms with Gasteiger partial charge in [0.05, 0.1) is 35.1 Å². The second-order valence-electron chi connectivity index (χ2n) is 6.50. The van der Waals surface area contributed by atoms with Gasteiger partial charge in [-0.2, -0.15) is 5.10 Å². The van der Waals surface area contributed by atoms with Crippen molar-refractivity contribution in [3.8, 4) is 17.0 Å². The number of aryl methyl sites for hydroxylation is 1. The zero-order chi connectivity index (χ0) is 20.2. The van der Waals surface area contributed by atoms with Crippen molar-refractivity contribution in [1.29, 1.82) is 0 Å². The average Bonchev–Trinajstić information content (AvgIpc) is 3.18. The molecule has 1 N–H and O–H groups in total. The van der Waals surface area contributed by atoms with Crippen molar-refractivity contribution in [2.45, 2.75) is 20.4 Å². The molecule has 0 atom stereocenters. The molecular formula is C23H22N4O2. The first-order valence-corrected chi connectivity index (χ1v) is 9.66. The Bertz CT molecular complexity index is 1150. The summed E-state index contributed by atoms with van der Waals surface area (Å²) in [6, 6.07) is 19.1. The van der Waals surface area contributed by atoms with E-state index in [4.69, 9.17) is 9.72 Å². The third-order valence-corrected chi connectivity index (χ3v) is 4.66. The number of hydrogen-bond acceptors (Lipinski definition) is 4. The number of anilines is 1. The molecule has 2 aromatic heterocycles. The molecule has 6 heteroatoms. The minimum absolute atomic E-state index is 0.225. The van der Waals surface area contributed by atoms with Crippen LogP contribution in [-0.2, 0) is 6.54 Å². The normalized spacial score (nSPS) is 10.8. The maximum Gasteiger partial charge on any atom is 0.256 e. The molecule has 0 spiro atoms. The zero-order valence-corrected chi connectivity index (χ0v) is 16.4. The van der Waals surface area contributed by atoms with Crippen LogP contribution >= 0.6 is 0 Å². The van der Waals surface area contributed by atoms with Gasteiger partial charge >= 0.3 is 0 Å². The minimum atomic E-state index is -0.225. The Morgan fingerprint density at radius 2 is 1.83 bits per heavy atom. The first-order chi connectivity index (χ1) is 14.2. The summed E-state index contributed by atoms with van der Waals surface area (Å²) in [5.74, 6) is 0.415. The fourth-order valence-corrected chi connectivity index (χ4v) is 3.26. The number of nitrogens with one attached hydrogen (secondary N) is 1. The number of rotatable bonds is 6. The molecule has 0 aliphatic carbocycles. The lowest BCUT2D eigenvalue weighted by Gasteiger charge is -2.12. The molecule has 0 aliphatic heterocycles. The molecule has 0 aliphatic rings. The van der Waals surface area contributed by atoms with Gasteiger partial charge in [0.2, 0.25) is 0 Å². The third kappa shape index (κ3) is 3.69. The van der Waals surface area contributed by atoms with E-state index in [1.807, 2.05) is 74.5 Å². The van der Waals surface area contributed by atoms with E-state index in [0.717, 1.165) is 16.6 Å². The van der Waals surface area contributed by atoms with Crippen molar-refractivity contribution in [1.82, 2.24) is 14.8 Å². The second kappa shape index (κ2) is 8.14. The molecule has 0 saturated carbocycles. The van der Waals surface area contributed by atoms with E-state index in [9.17, 15) is 4.79 Å². The molecular weight excluding hydrogens is 364 g/mol. The maximum atomic E-state index is 13.2. The fraction of sp³-hybridized carbons (Fsp3) is 0.174. The van der Waals surface area contributed by atoms with Crippen molar-refractivity contribution < 1.29 is 9.53 Å². The molecule has 29 heavy (non-hydrogen) atoms. The summed E-state index contributed by atoms with van der Waals surface area (Å²) in [4.78, 5) is 18.0. The number of carbonyl (C=O) groups excluding carboxylic acids is 1. The van der Waals surface area contributed by atoms with Crippen LogP contribution in [-0.4, -0.2) is 27.3 Å². The predicted molar refractivity (Wildman–Crippen MR) is 114 cm³/mol. The quantitative estimate of drug-likeness (QED) is 0.518. The molecule has 6 nitrogen and oxygen atoms in total. The van der Waals surface area contributed by atoms with Crippen LogP contribution in [0.1, 0.15) is 24.2 Å². The van der Waals surface area contributed by atoms with Crippen LogP contribution in [0.3, 0.4) is 0 Å². The van der Waals surface area contributed by atoms with E-state index >= 15 is 0 Å². The van der Waals surface area contributed by atoms with Crippen molar-refractivity contribution in [3.63, 3.8) is 0 Å². The highest BCUT2D eigenvalue weighted by Gasteiger charge is 2.18. The van der Waals surface area contributed by atoms with Gasteiger partial charge in [0.1, 0.15) is 5.75 Å². The third-order valence-electron chi connectivity index (χ3n) is 4.66. The first-order valence-electron chi connectivity index (χ1n) is 9.66. The fourth-order valence-electron chi connectivity index (χ4n) is 3.26.